The Hall–Kier alpha value is -1.54. The van der Waals surface area contributed by atoms with Crippen molar-refractivity contribution in [2.75, 3.05) is 12.3 Å². The lowest BCUT2D eigenvalue weighted by molar-refractivity contribution is -0.118. The summed E-state index contributed by atoms with van der Waals surface area (Å²) in [7, 11) is 0. The van der Waals surface area contributed by atoms with Gasteiger partial charge in [0.25, 0.3) is 0 Å². The number of rotatable bonds is 4. The number of carbonyl (C=O) groups is 1. The Bertz CT molecular complexity index is 405. The molecule has 0 bridgehead atoms. The van der Waals surface area contributed by atoms with Gasteiger partial charge in [-0.1, -0.05) is 17.7 Å². The van der Waals surface area contributed by atoms with Crippen LogP contribution in [0.4, 0.5) is 0 Å². The van der Waals surface area contributed by atoms with Crippen molar-refractivity contribution < 1.29 is 4.79 Å². The van der Waals surface area contributed by atoms with E-state index < -0.39 is 0 Å². The van der Waals surface area contributed by atoms with Gasteiger partial charge >= 0.3 is 0 Å². The molecule has 1 aromatic rings. The van der Waals surface area contributed by atoms with Crippen LogP contribution in [0.5, 0.6) is 0 Å². The third kappa shape index (κ3) is 4.32. The van der Waals surface area contributed by atoms with Crippen molar-refractivity contribution >= 4 is 17.7 Å². The summed E-state index contributed by atoms with van der Waals surface area (Å²) < 4.78 is 0. The van der Waals surface area contributed by atoms with E-state index in [4.69, 9.17) is 6.42 Å². The predicted molar refractivity (Wildman–Crippen MR) is 64.1 cm³/mol. The molecule has 1 N–H and O–H groups in total. The molecule has 16 heavy (non-hydrogen) atoms. The monoisotopic (exact) mass is 235 g/mol. The van der Waals surface area contributed by atoms with E-state index in [2.05, 4.69) is 21.2 Å². The second-order valence-electron chi connectivity index (χ2n) is 3.20. The molecule has 0 fully saturated rings. The molecule has 0 aliphatic rings. The molecule has 0 aromatic carbocycles. The van der Waals surface area contributed by atoms with Gasteiger partial charge in [0, 0.05) is 11.4 Å². The molecular formula is C11H13N3OS. The van der Waals surface area contributed by atoms with Crippen molar-refractivity contribution in [3.05, 3.63) is 17.5 Å². The second-order valence-corrected chi connectivity index (χ2v) is 4.15. The summed E-state index contributed by atoms with van der Waals surface area (Å²) >= 11 is 1.30. The number of carbonyl (C=O) groups excluding carboxylic acids is 1. The Balaban J connectivity index is 2.48. The topological polar surface area (TPSA) is 54.9 Å². The maximum Gasteiger partial charge on any atom is 0.231 e. The smallest absolute Gasteiger partial charge is 0.231 e. The number of terminal acetylenes is 1. The van der Waals surface area contributed by atoms with Crippen LogP contribution in [0.1, 0.15) is 11.4 Å². The van der Waals surface area contributed by atoms with Gasteiger partial charge in [-0.3, -0.25) is 4.79 Å². The first-order chi connectivity index (χ1) is 7.61. The SMILES string of the molecule is C#CCNC(=O)CSc1nc(C)cc(C)n1. The first-order valence-electron chi connectivity index (χ1n) is 4.77. The molecule has 0 spiro atoms. The number of nitrogens with one attached hydrogen (secondary N) is 1. The fraction of sp³-hybridized carbons (Fsp3) is 0.364. The highest BCUT2D eigenvalue weighted by Crippen LogP contribution is 2.13. The molecule has 1 aromatic heterocycles. The number of amides is 1. The number of nitrogens with zero attached hydrogens (tertiary/aromatic N) is 2. The summed E-state index contributed by atoms with van der Waals surface area (Å²) in [5.41, 5.74) is 1.80. The van der Waals surface area contributed by atoms with Gasteiger partial charge < -0.3 is 5.32 Å². The summed E-state index contributed by atoms with van der Waals surface area (Å²) in [6, 6.07) is 1.89. The van der Waals surface area contributed by atoms with Gasteiger partial charge in [-0.25, -0.2) is 9.97 Å². The van der Waals surface area contributed by atoms with Gasteiger partial charge in [0.2, 0.25) is 5.91 Å². The van der Waals surface area contributed by atoms with Crippen molar-refractivity contribution in [1.29, 1.82) is 0 Å². The van der Waals surface area contributed by atoms with Crippen LogP contribution in [0.3, 0.4) is 0 Å². The highest BCUT2D eigenvalue weighted by molar-refractivity contribution is 7.99. The third-order valence-corrected chi connectivity index (χ3v) is 2.53. The quantitative estimate of drug-likeness (QED) is 0.479. The van der Waals surface area contributed by atoms with Crippen LogP contribution in [0.25, 0.3) is 0 Å². The summed E-state index contributed by atoms with van der Waals surface area (Å²) in [6.45, 7) is 4.06. The normalized spacial score (nSPS) is 9.56. The number of aryl methyl sites for hydroxylation is 2. The molecule has 0 radical (unpaired) electrons. The van der Waals surface area contributed by atoms with Gasteiger partial charge in [-0.2, -0.15) is 0 Å². The zero-order valence-electron chi connectivity index (χ0n) is 9.28. The number of hydrogen-bond donors (Lipinski definition) is 1. The van der Waals surface area contributed by atoms with E-state index in [0.717, 1.165) is 11.4 Å². The Morgan fingerprint density at radius 2 is 2.12 bits per heavy atom. The van der Waals surface area contributed by atoms with E-state index in [1.165, 1.54) is 11.8 Å². The molecule has 4 nitrogen and oxygen atoms in total. The van der Waals surface area contributed by atoms with E-state index >= 15 is 0 Å². The van der Waals surface area contributed by atoms with Crippen molar-refractivity contribution in [2.45, 2.75) is 19.0 Å². The zero-order valence-corrected chi connectivity index (χ0v) is 10.1. The Kier molecular flexibility index (Phi) is 4.80. The van der Waals surface area contributed by atoms with Gasteiger partial charge in [0.15, 0.2) is 5.16 Å². The lowest BCUT2D eigenvalue weighted by atomic mass is 10.4. The minimum atomic E-state index is -0.106. The molecule has 0 saturated carbocycles. The van der Waals surface area contributed by atoms with Gasteiger partial charge in [0.1, 0.15) is 0 Å². The molecule has 0 unspecified atom stereocenters. The summed E-state index contributed by atoms with van der Waals surface area (Å²) in [5.74, 6) is 2.52. The average molecular weight is 235 g/mol. The first kappa shape index (κ1) is 12.5. The van der Waals surface area contributed by atoms with Crippen LogP contribution in [0, 0.1) is 26.2 Å². The third-order valence-electron chi connectivity index (χ3n) is 1.68. The summed E-state index contributed by atoms with van der Waals surface area (Å²) in [6.07, 6.45) is 5.03. The zero-order chi connectivity index (χ0) is 12.0. The molecule has 0 aliphatic carbocycles. The average Bonchev–Trinajstić information content (AvgIpc) is 2.22. The van der Waals surface area contributed by atoms with Crippen LogP contribution in [-0.4, -0.2) is 28.2 Å². The largest absolute Gasteiger partial charge is 0.344 e. The lowest BCUT2D eigenvalue weighted by Crippen LogP contribution is -2.25. The fourth-order valence-electron chi connectivity index (χ4n) is 1.09. The molecule has 1 amide bonds. The highest BCUT2D eigenvalue weighted by Gasteiger charge is 2.04. The lowest BCUT2D eigenvalue weighted by Gasteiger charge is -2.02. The predicted octanol–water partition coefficient (Wildman–Crippen LogP) is 0.935. The fourth-order valence-corrected chi connectivity index (χ4v) is 1.87. The van der Waals surface area contributed by atoms with Crippen LogP contribution in [0.15, 0.2) is 11.2 Å². The maximum absolute atomic E-state index is 11.3. The molecular weight excluding hydrogens is 222 g/mol. The molecule has 0 saturated heterocycles. The van der Waals surface area contributed by atoms with Gasteiger partial charge in [-0.15, -0.1) is 6.42 Å². The van der Waals surface area contributed by atoms with Crippen LogP contribution in [-0.2, 0) is 4.79 Å². The molecule has 84 valence electrons. The van der Waals surface area contributed by atoms with Crippen molar-refractivity contribution in [2.24, 2.45) is 0 Å². The molecule has 0 aliphatic heterocycles. The van der Waals surface area contributed by atoms with Gasteiger partial charge in [-0.05, 0) is 19.9 Å². The second kappa shape index (κ2) is 6.13. The van der Waals surface area contributed by atoms with E-state index in [1.54, 1.807) is 0 Å². The number of hydrogen-bond acceptors (Lipinski definition) is 4. The van der Waals surface area contributed by atoms with Crippen LogP contribution < -0.4 is 5.32 Å². The first-order valence-corrected chi connectivity index (χ1v) is 5.75. The van der Waals surface area contributed by atoms with E-state index in [-0.39, 0.29) is 18.2 Å². The molecule has 5 heteroatoms. The van der Waals surface area contributed by atoms with E-state index in [1.807, 2.05) is 19.9 Å². The summed E-state index contributed by atoms with van der Waals surface area (Å²) in [4.78, 5) is 19.7. The minimum absolute atomic E-state index is 0.106. The van der Waals surface area contributed by atoms with E-state index in [0.29, 0.717) is 5.16 Å². The van der Waals surface area contributed by atoms with Crippen molar-refractivity contribution in [3.63, 3.8) is 0 Å². The summed E-state index contributed by atoms with van der Waals surface area (Å²) in [5, 5.41) is 3.20. The van der Waals surface area contributed by atoms with E-state index in [9.17, 15) is 4.79 Å². The van der Waals surface area contributed by atoms with Crippen LogP contribution in [0.2, 0.25) is 0 Å². The Morgan fingerprint density at radius 3 is 2.69 bits per heavy atom. The number of aromatic nitrogens is 2. The standard InChI is InChI=1S/C11H13N3OS/c1-4-5-12-10(15)7-16-11-13-8(2)6-9(3)14-11/h1,6H,5,7H2,2-3H3,(H,12,15). The molecule has 0 atom stereocenters. The molecule has 1 heterocycles. The highest BCUT2D eigenvalue weighted by atomic mass is 32.2. The van der Waals surface area contributed by atoms with Crippen LogP contribution >= 0.6 is 11.8 Å². The maximum atomic E-state index is 11.3. The number of thioether (sulfide) groups is 1. The van der Waals surface area contributed by atoms with Crippen molar-refractivity contribution in [1.82, 2.24) is 15.3 Å². The van der Waals surface area contributed by atoms with Gasteiger partial charge in [0.05, 0.1) is 12.3 Å². The van der Waals surface area contributed by atoms with Crippen molar-refractivity contribution in [3.8, 4) is 12.3 Å². The molecule has 1 rings (SSSR count). The Morgan fingerprint density at radius 1 is 1.50 bits per heavy atom. The minimum Gasteiger partial charge on any atom is -0.344 e. The Labute approximate surface area is 99.3 Å².